The minimum Gasteiger partial charge on any atom is -0.384 e. The van der Waals surface area contributed by atoms with Crippen molar-refractivity contribution < 1.29 is 10.0 Å². The molecule has 1 aromatic heterocycles. The molecular formula is C17H22N2O3S. The third-order valence-electron chi connectivity index (χ3n) is 3.97. The zero-order valence-corrected chi connectivity index (χ0v) is 14.2. The van der Waals surface area contributed by atoms with E-state index in [1.807, 2.05) is 29.8 Å². The lowest BCUT2D eigenvalue weighted by Gasteiger charge is -2.25. The van der Waals surface area contributed by atoms with E-state index in [1.165, 1.54) is 6.07 Å². The molecule has 0 bridgehead atoms. The van der Waals surface area contributed by atoms with Crippen molar-refractivity contribution in [2.75, 3.05) is 6.54 Å². The highest BCUT2D eigenvalue weighted by Gasteiger charge is 2.24. The van der Waals surface area contributed by atoms with Gasteiger partial charge in [-0.05, 0) is 49.1 Å². The summed E-state index contributed by atoms with van der Waals surface area (Å²) in [5.74, 6) is 0. The summed E-state index contributed by atoms with van der Waals surface area (Å²) in [6.07, 6.45) is 1.40. The van der Waals surface area contributed by atoms with E-state index < -0.39 is 5.60 Å². The first-order chi connectivity index (χ1) is 10.9. The van der Waals surface area contributed by atoms with Gasteiger partial charge in [-0.2, -0.15) is 11.3 Å². The van der Waals surface area contributed by atoms with Crippen molar-refractivity contribution in [1.82, 2.24) is 5.32 Å². The van der Waals surface area contributed by atoms with Crippen LogP contribution < -0.4 is 5.32 Å². The highest BCUT2D eigenvalue weighted by atomic mass is 32.1. The van der Waals surface area contributed by atoms with Crippen LogP contribution >= 0.6 is 11.3 Å². The number of nitrogens with one attached hydrogen (secondary N) is 1. The Kier molecular flexibility index (Phi) is 5.87. The summed E-state index contributed by atoms with van der Waals surface area (Å²) in [6, 6.07) is 8.91. The summed E-state index contributed by atoms with van der Waals surface area (Å²) in [6.45, 7) is 4.26. The Morgan fingerprint density at radius 2 is 2.13 bits per heavy atom. The number of nitro benzene ring substituents is 1. The molecule has 23 heavy (non-hydrogen) atoms. The van der Waals surface area contributed by atoms with Crippen LogP contribution in [0, 0.1) is 10.1 Å². The van der Waals surface area contributed by atoms with Crippen LogP contribution in [0.1, 0.15) is 31.4 Å². The van der Waals surface area contributed by atoms with E-state index in [4.69, 9.17) is 0 Å². The molecule has 2 rings (SSSR count). The van der Waals surface area contributed by atoms with Crippen molar-refractivity contribution in [3.05, 3.63) is 62.3 Å². The van der Waals surface area contributed by atoms with Crippen LogP contribution in [0.15, 0.2) is 41.1 Å². The number of hydrogen-bond acceptors (Lipinski definition) is 5. The van der Waals surface area contributed by atoms with Gasteiger partial charge in [0.05, 0.1) is 10.5 Å². The summed E-state index contributed by atoms with van der Waals surface area (Å²) in [7, 11) is 0. The molecule has 0 aliphatic carbocycles. The van der Waals surface area contributed by atoms with Crippen molar-refractivity contribution in [2.24, 2.45) is 0 Å². The summed E-state index contributed by atoms with van der Waals surface area (Å²) >= 11 is 1.56. The lowest BCUT2D eigenvalue weighted by molar-refractivity contribution is -0.385. The Morgan fingerprint density at radius 3 is 2.78 bits per heavy atom. The van der Waals surface area contributed by atoms with Crippen molar-refractivity contribution >= 4 is 17.0 Å². The van der Waals surface area contributed by atoms with Gasteiger partial charge in [-0.25, -0.2) is 0 Å². The average molecular weight is 334 g/mol. The number of hydrogen-bond donors (Lipinski definition) is 2. The fraction of sp³-hybridized carbons (Fsp3) is 0.412. The van der Waals surface area contributed by atoms with Crippen molar-refractivity contribution in [3.8, 4) is 0 Å². The van der Waals surface area contributed by atoms with E-state index in [0.717, 1.165) is 17.5 Å². The second-order valence-electron chi connectivity index (χ2n) is 5.99. The Balaban J connectivity index is 1.86. The second kappa shape index (κ2) is 7.68. The summed E-state index contributed by atoms with van der Waals surface area (Å²) in [5.41, 5.74) is 0.911. The molecule has 0 radical (unpaired) electrons. The molecule has 124 valence electrons. The fourth-order valence-electron chi connectivity index (χ4n) is 2.42. The smallest absolute Gasteiger partial charge is 0.272 e. The standard InChI is InChI=1S/C17H22N2O3S/c1-13(18-12-17(2,20)15-9-10-23-11-15)7-8-14-5-3-4-6-16(14)19(21)22/h3-6,9-11,13,18,20H,7-8,12H2,1-2H3. The maximum Gasteiger partial charge on any atom is 0.272 e. The van der Waals surface area contributed by atoms with Gasteiger partial charge in [-0.3, -0.25) is 10.1 Å². The third kappa shape index (κ3) is 4.86. The first-order valence-corrected chi connectivity index (χ1v) is 8.55. The van der Waals surface area contributed by atoms with Gasteiger partial charge >= 0.3 is 0 Å². The molecule has 5 nitrogen and oxygen atoms in total. The van der Waals surface area contributed by atoms with Crippen molar-refractivity contribution in [1.29, 1.82) is 0 Å². The van der Waals surface area contributed by atoms with Gasteiger partial charge in [-0.1, -0.05) is 18.2 Å². The highest BCUT2D eigenvalue weighted by molar-refractivity contribution is 7.08. The van der Waals surface area contributed by atoms with Crippen LogP contribution in [0.5, 0.6) is 0 Å². The monoisotopic (exact) mass is 334 g/mol. The van der Waals surface area contributed by atoms with Crippen molar-refractivity contribution in [2.45, 2.75) is 38.3 Å². The molecule has 6 heteroatoms. The number of aliphatic hydroxyl groups is 1. The molecule has 0 saturated carbocycles. The molecule has 0 saturated heterocycles. The molecule has 2 atom stereocenters. The number of nitro groups is 1. The van der Waals surface area contributed by atoms with Crippen LogP contribution in [0.4, 0.5) is 5.69 Å². The lowest BCUT2D eigenvalue weighted by Crippen LogP contribution is -2.39. The predicted molar refractivity (Wildman–Crippen MR) is 92.8 cm³/mol. The fourth-order valence-corrected chi connectivity index (χ4v) is 3.20. The zero-order valence-electron chi connectivity index (χ0n) is 13.4. The zero-order chi connectivity index (χ0) is 16.9. The topological polar surface area (TPSA) is 75.4 Å². The number of thiophene rings is 1. The molecule has 1 aromatic carbocycles. The molecule has 2 unspecified atom stereocenters. The maximum atomic E-state index is 11.0. The number of nitrogens with zero attached hydrogens (tertiary/aromatic N) is 1. The Bertz CT molecular complexity index is 641. The molecule has 0 aliphatic rings. The van der Waals surface area contributed by atoms with E-state index in [1.54, 1.807) is 30.4 Å². The quantitative estimate of drug-likeness (QED) is 0.572. The van der Waals surface area contributed by atoms with Crippen LogP contribution in [0.3, 0.4) is 0 Å². The first kappa shape index (κ1) is 17.6. The second-order valence-corrected chi connectivity index (χ2v) is 6.77. The summed E-state index contributed by atoms with van der Waals surface area (Å²) in [4.78, 5) is 10.7. The largest absolute Gasteiger partial charge is 0.384 e. The Labute approximate surface area is 140 Å². The SMILES string of the molecule is CC(CCc1ccccc1[N+](=O)[O-])NCC(C)(O)c1ccsc1. The van der Waals surface area contributed by atoms with Gasteiger partial charge in [0.2, 0.25) is 0 Å². The number of para-hydroxylation sites is 1. The van der Waals surface area contributed by atoms with Crippen molar-refractivity contribution in [3.63, 3.8) is 0 Å². The summed E-state index contributed by atoms with van der Waals surface area (Å²) in [5, 5.41) is 28.7. The minimum absolute atomic E-state index is 0.153. The number of benzene rings is 1. The molecule has 0 fully saturated rings. The maximum absolute atomic E-state index is 11.0. The average Bonchev–Trinajstić information content (AvgIpc) is 3.06. The van der Waals surface area contributed by atoms with Gasteiger partial charge in [0, 0.05) is 24.2 Å². The molecule has 0 amide bonds. The van der Waals surface area contributed by atoms with Gasteiger partial charge in [-0.15, -0.1) is 0 Å². The lowest BCUT2D eigenvalue weighted by atomic mass is 9.98. The van der Waals surface area contributed by atoms with Gasteiger partial charge in [0.15, 0.2) is 0 Å². The molecular weight excluding hydrogens is 312 g/mol. The predicted octanol–water partition coefficient (Wildman–Crippen LogP) is 3.47. The molecule has 0 aliphatic heterocycles. The van der Waals surface area contributed by atoms with Gasteiger partial charge in [0.1, 0.15) is 0 Å². The summed E-state index contributed by atoms with van der Waals surface area (Å²) < 4.78 is 0. The Hall–Kier alpha value is -1.76. The third-order valence-corrected chi connectivity index (χ3v) is 4.66. The Morgan fingerprint density at radius 1 is 1.39 bits per heavy atom. The molecule has 1 heterocycles. The van der Waals surface area contributed by atoms with E-state index in [2.05, 4.69) is 5.32 Å². The first-order valence-electron chi connectivity index (χ1n) is 7.61. The van der Waals surface area contributed by atoms with E-state index in [9.17, 15) is 15.2 Å². The van der Waals surface area contributed by atoms with E-state index in [0.29, 0.717) is 13.0 Å². The van der Waals surface area contributed by atoms with Crippen LogP contribution in [0.2, 0.25) is 0 Å². The molecule has 2 N–H and O–H groups in total. The van der Waals surface area contributed by atoms with E-state index in [-0.39, 0.29) is 16.7 Å². The molecule has 2 aromatic rings. The van der Waals surface area contributed by atoms with Crippen LogP contribution in [0.25, 0.3) is 0 Å². The highest BCUT2D eigenvalue weighted by Crippen LogP contribution is 2.23. The van der Waals surface area contributed by atoms with E-state index >= 15 is 0 Å². The number of rotatable bonds is 8. The normalized spacial score (nSPS) is 15.1. The molecule has 0 spiro atoms. The van der Waals surface area contributed by atoms with Crippen LogP contribution in [-0.4, -0.2) is 22.6 Å². The van der Waals surface area contributed by atoms with Gasteiger partial charge < -0.3 is 10.4 Å². The van der Waals surface area contributed by atoms with Gasteiger partial charge in [0.25, 0.3) is 5.69 Å². The minimum atomic E-state index is -0.910. The number of aryl methyl sites for hydroxylation is 1. The van der Waals surface area contributed by atoms with Crippen LogP contribution in [-0.2, 0) is 12.0 Å².